The SMILES string of the molecule is CCc1nc(Br)cc(NC(C)(C)CC(C)(C)C)n1. The monoisotopic (exact) mass is 313 g/mol. The summed E-state index contributed by atoms with van der Waals surface area (Å²) in [5.41, 5.74) is 0.297. The maximum Gasteiger partial charge on any atom is 0.131 e. The molecule has 1 N–H and O–H groups in total. The molecule has 102 valence electrons. The van der Waals surface area contributed by atoms with Crippen LogP contribution in [0.5, 0.6) is 0 Å². The summed E-state index contributed by atoms with van der Waals surface area (Å²) in [6.07, 6.45) is 1.91. The number of hydrogen-bond acceptors (Lipinski definition) is 3. The van der Waals surface area contributed by atoms with E-state index in [9.17, 15) is 0 Å². The van der Waals surface area contributed by atoms with Gasteiger partial charge in [-0.15, -0.1) is 0 Å². The number of halogens is 1. The molecule has 1 rings (SSSR count). The van der Waals surface area contributed by atoms with Gasteiger partial charge in [0.05, 0.1) is 0 Å². The number of hydrogen-bond donors (Lipinski definition) is 1. The largest absolute Gasteiger partial charge is 0.365 e. The van der Waals surface area contributed by atoms with E-state index < -0.39 is 0 Å². The van der Waals surface area contributed by atoms with Crippen molar-refractivity contribution in [1.29, 1.82) is 0 Å². The van der Waals surface area contributed by atoms with Crippen LogP contribution in [-0.2, 0) is 6.42 Å². The Morgan fingerprint density at radius 2 is 1.78 bits per heavy atom. The number of aryl methyl sites for hydroxylation is 1. The van der Waals surface area contributed by atoms with Gasteiger partial charge in [0.1, 0.15) is 16.2 Å². The first kappa shape index (κ1) is 15.4. The third kappa shape index (κ3) is 5.34. The van der Waals surface area contributed by atoms with Crippen LogP contribution in [0.25, 0.3) is 0 Å². The summed E-state index contributed by atoms with van der Waals surface area (Å²) in [6, 6.07) is 1.93. The van der Waals surface area contributed by atoms with E-state index in [0.717, 1.165) is 29.1 Å². The van der Waals surface area contributed by atoms with Gasteiger partial charge in [0.15, 0.2) is 0 Å². The standard InChI is InChI=1S/C14H24BrN3/c1-7-11-16-10(15)8-12(17-11)18-14(5,6)9-13(2,3)4/h8H,7,9H2,1-6H3,(H,16,17,18). The van der Waals surface area contributed by atoms with Crippen LogP contribution in [0.2, 0.25) is 0 Å². The smallest absolute Gasteiger partial charge is 0.131 e. The minimum absolute atomic E-state index is 0.0110. The molecule has 0 radical (unpaired) electrons. The molecule has 18 heavy (non-hydrogen) atoms. The predicted octanol–water partition coefficient (Wildman–Crippen LogP) is 4.43. The van der Waals surface area contributed by atoms with Gasteiger partial charge >= 0.3 is 0 Å². The number of nitrogens with one attached hydrogen (secondary N) is 1. The Bertz CT molecular complexity index is 408. The minimum atomic E-state index is 0.0110. The van der Waals surface area contributed by atoms with Crippen molar-refractivity contribution in [1.82, 2.24) is 9.97 Å². The van der Waals surface area contributed by atoms with Crippen molar-refractivity contribution < 1.29 is 0 Å². The highest BCUT2D eigenvalue weighted by Gasteiger charge is 2.25. The number of anilines is 1. The van der Waals surface area contributed by atoms with Gasteiger partial charge in [-0.3, -0.25) is 0 Å². The normalized spacial score (nSPS) is 12.6. The van der Waals surface area contributed by atoms with E-state index in [-0.39, 0.29) is 11.0 Å². The first-order valence-corrected chi connectivity index (χ1v) is 7.22. The first-order valence-electron chi connectivity index (χ1n) is 6.43. The zero-order valence-electron chi connectivity index (χ0n) is 12.3. The van der Waals surface area contributed by atoms with Crippen molar-refractivity contribution in [3.05, 3.63) is 16.5 Å². The van der Waals surface area contributed by atoms with Crippen molar-refractivity contribution in [3.63, 3.8) is 0 Å². The molecule has 0 aliphatic heterocycles. The zero-order chi connectivity index (χ0) is 14.0. The second-order valence-electron chi connectivity index (χ2n) is 6.59. The molecule has 0 atom stereocenters. The minimum Gasteiger partial charge on any atom is -0.365 e. The molecule has 0 fully saturated rings. The van der Waals surface area contributed by atoms with Gasteiger partial charge in [0.2, 0.25) is 0 Å². The predicted molar refractivity (Wildman–Crippen MR) is 80.9 cm³/mol. The lowest BCUT2D eigenvalue weighted by atomic mass is 9.82. The highest BCUT2D eigenvalue weighted by molar-refractivity contribution is 9.10. The van der Waals surface area contributed by atoms with Crippen LogP contribution in [0.4, 0.5) is 5.82 Å². The molecule has 0 bridgehead atoms. The van der Waals surface area contributed by atoms with Crippen LogP contribution in [0.3, 0.4) is 0 Å². The average Bonchev–Trinajstić information content (AvgIpc) is 2.11. The highest BCUT2D eigenvalue weighted by Crippen LogP contribution is 2.29. The highest BCUT2D eigenvalue weighted by atomic mass is 79.9. The molecule has 0 aliphatic rings. The van der Waals surface area contributed by atoms with Crippen molar-refractivity contribution in [2.24, 2.45) is 5.41 Å². The quantitative estimate of drug-likeness (QED) is 0.836. The molecule has 0 unspecified atom stereocenters. The Morgan fingerprint density at radius 3 is 2.28 bits per heavy atom. The molecule has 3 nitrogen and oxygen atoms in total. The summed E-state index contributed by atoms with van der Waals surface area (Å²) < 4.78 is 0.836. The van der Waals surface area contributed by atoms with E-state index in [1.54, 1.807) is 0 Å². The molecular formula is C14H24BrN3. The molecule has 1 aromatic heterocycles. The molecule has 4 heteroatoms. The Balaban J connectivity index is 2.86. The molecule has 0 saturated carbocycles. The topological polar surface area (TPSA) is 37.8 Å². The van der Waals surface area contributed by atoms with E-state index >= 15 is 0 Å². The average molecular weight is 314 g/mol. The van der Waals surface area contributed by atoms with Gasteiger partial charge in [0, 0.05) is 18.0 Å². The second kappa shape index (κ2) is 5.55. The number of nitrogens with zero attached hydrogens (tertiary/aromatic N) is 2. The number of aromatic nitrogens is 2. The van der Waals surface area contributed by atoms with Crippen molar-refractivity contribution in [2.45, 2.75) is 59.9 Å². The third-order valence-electron chi connectivity index (χ3n) is 2.50. The molecule has 0 saturated heterocycles. The molecule has 0 spiro atoms. The van der Waals surface area contributed by atoms with Crippen LogP contribution in [-0.4, -0.2) is 15.5 Å². The van der Waals surface area contributed by atoms with E-state index in [1.165, 1.54) is 0 Å². The van der Waals surface area contributed by atoms with Gasteiger partial charge in [-0.05, 0) is 41.6 Å². The Labute approximate surface area is 119 Å². The fraction of sp³-hybridized carbons (Fsp3) is 0.714. The summed E-state index contributed by atoms with van der Waals surface area (Å²) >= 11 is 3.43. The van der Waals surface area contributed by atoms with Crippen LogP contribution < -0.4 is 5.32 Å². The first-order chi connectivity index (χ1) is 8.11. The van der Waals surface area contributed by atoms with Crippen molar-refractivity contribution in [2.75, 3.05) is 5.32 Å². The van der Waals surface area contributed by atoms with Crippen molar-refractivity contribution in [3.8, 4) is 0 Å². The third-order valence-corrected chi connectivity index (χ3v) is 2.90. The lowest BCUT2D eigenvalue weighted by molar-refractivity contribution is 0.302. The maximum absolute atomic E-state index is 4.52. The summed E-state index contributed by atoms with van der Waals surface area (Å²) in [7, 11) is 0. The fourth-order valence-electron chi connectivity index (χ4n) is 2.40. The molecule has 1 heterocycles. The fourth-order valence-corrected chi connectivity index (χ4v) is 2.83. The second-order valence-corrected chi connectivity index (χ2v) is 7.40. The van der Waals surface area contributed by atoms with Crippen LogP contribution >= 0.6 is 15.9 Å². The lowest BCUT2D eigenvalue weighted by Crippen LogP contribution is -2.35. The van der Waals surface area contributed by atoms with Crippen molar-refractivity contribution >= 4 is 21.7 Å². The molecule has 0 aromatic carbocycles. The summed E-state index contributed by atoms with van der Waals surface area (Å²) in [6.45, 7) is 13.2. The summed E-state index contributed by atoms with van der Waals surface area (Å²) in [5, 5.41) is 3.51. The summed E-state index contributed by atoms with van der Waals surface area (Å²) in [5.74, 6) is 1.75. The number of rotatable bonds is 4. The lowest BCUT2D eigenvalue weighted by Gasteiger charge is -2.33. The van der Waals surface area contributed by atoms with E-state index in [2.05, 4.69) is 72.8 Å². The Morgan fingerprint density at radius 1 is 1.17 bits per heavy atom. The van der Waals surface area contributed by atoms with E-state index in [4.69, 9.17) is 0 Å². The van der Waals surface area contributed by atoms with Crippen LogP contribution in [0, 0.1) is 5.41 Å². The van der Waals surface area contributed by atoms with E-state index in [0.29, 0.717) is 0 Å². The molecule has 1 aromatic rings. The molecule has 0 amide bonds. The zero-order valence-corrected chi connectivity index (χ0v) is 13.8. The summed E-state index contributed by atoms with van der Waals surface area (Å²) in [4.78, 5) is 8.84. The Hall–Kier alpha value is -0.640. The van der Waals surface area contributed by atoms with E-state index in [1.807, 2.05) is 6.07 Å². The molecule has 0 aliphatic carbocycles. The van der Waals surface area contributed by atoms with Gasteiger partial charge in [-0.1, -0.05) is 27.7 Å². The Kier molecular flexibility index (Phi) is 4.76. The van der Waals surface area contributed by atoms with Gasteiger partial charge < -0.3 is 5.32 Å². The van der Waals surface area contributed by atoms with Crippen LogP contribution in [0.15, 0.2) is 10.7 Å². The maximum atomic E-state index is 4.52. The van der Waals surface area contributed by atoms with Crippen LogP contribution in [0.1, 0.15) is 53.8 Å². The van der Waals surface area contributed by atoms with Gasteiger partial charge in [0.25, 0.3) is 0 Å². The van der Waals surface area contributed by atoms with Gasteiger partial charge in [-0.2, -0.15) is 0 Å². The van der Waals surface area contributed by atoms with Gasteiger partial charge in [-0.25, -0.2) is 9.97 Å². The molecular weight excluding hydrogens is 290 g/mol.